The molecule has 16 heavy (non-hydrogen) atoms. The van der Waals surface area contributed by atoms with Crippen LogP contribution in [0, 0.1) is 5.92 Å². The summed E-state index contributed by atoms with van der Waals surface area (Å²) < 4.78 is 4.76. The van der Waals surface area contributed by atoms with Crippen LogP contribution in [0.5, 0.6) is 0 Å². The molecular weight excluding hydrogens is 247 g/mol. The number of esters is 1. The summed E-state index contributed by atoms with van der Waals surface area (Å²) in [5.41, 5.74) is 2.07. The second-order valence-electron chi connectivity index (χ2n) is 3.95. The summed E-state index contributed by atoms with van der Waals surface area (Å²) in [4.78, 5) is 11.5. The Hall–Kier alpha value is -0.730. The molecule has 1 aromatic rings. The highest BCUT2D eigenvalue weighted by Gasteiger charge is 2.27. The van der Waals surface area contributed by atoms with Crippen molar-refractivity contribution in [1.29, 1.82) is 0 Å². The molecule has 0 amide bonds. The molecule has 0 heterocycles. The van der Waals surface area contributed by atoms with Gasteiger partial charge in [0.05, 0.1) is 13.0 Å². The first kappa shape index (κ1) is 11.7. The van der Waals surface area contributed by atoms with E-state index in [0.717, 1.165) is 29.0 Å². The molecule has 1 atom stereocenters. The molecule has 1 aliphatic rings. The van der Waals surface area contributed by atoms with Crippen LogP contribution in [0.1, 0.15) is 17.5 Å². The van der Waals surface area contributed by atoms with Crippen molar-refractivity contribution in [3.8, 4) is 0 Å². The predicted octanol–water partition coefficient (Wildman–Crippen LogP) is 3.27. The molecule has 4 heteroatoms. The summed E-state index contributed by atoms with van der Waals surface area (Å²) in [5.74, 6) is -0.254. The van der Waals surface area contributed by atoms with E-state index in [1.165, 1.54) is 7.11 Å². The number of halogens is 2. The maximum absolute atomic E-state index is 11.5. The Morgan fingerprint density at radius 1 is 1.31 bits per heavy atom. The fourth-order valence-electron chi connectivity index (χ4n) is 2.16. The van der Waals surface area contributed by atoms with Gasteiger partial charge in [-0.2, -0.15) is 0 Å². The van der Waals surface area contributed by atoms with Gasteiger partial charge < -0.3 is 4.74 Å². The second kappa shape index (κ2) is 4.64. The first-order chi connectivity index (χ1) is 7.63. The molecule has 0 radical (unpaired) electrons. The highest BCUT2D eigenvalue weighted by atomic mass is 35.5. The standard InChI is InChI=1S/C12H12Cl2O2/c1-16-12(15)7-2-3-8-9(6-7)11(14)5-4-10(8)13/h4-5,7H,2-3,6H2,1H3. The number of carbonyl (C=O) groups excluding carboxylic acids is 1. The summed E-state index contributed by atoms with van der Waals surface area (Å²) in [6, 6.07) is 3.59. The zero-order chi connectivity index (χ0) is 11.7. The SMILES string of the molecule is COC(=O)C1CCc2c(Cl)ccc(Cl)c2C1. The van der Waals surface area contributed by atoms with Crippen LogP contribution in [0.15, 0.2) is 12.1 Å². The molecule has 0 saturated heterocycles. The molecule has 0 N–H and O–H groups in total. The molecule has 0 aromatic heterocycles. The van der Waals surface area contributed by atoms with E-state index in [2.05, 4.69) is 0 Å². The van der Waals surface area contributed by atoms with Gasteiger partial charge in [0.1, 0.15) is 0 Å². The van der Waals surface area contributed by atoms with Gasteiger partial charge in [0.2, 0.25) is 0 Å². The van der Waals surface area contributed by atoms with Crippen LogP contribution < -0.4 is 0 Å². The minimum absolute atomic E-state index is 0.0894. The van der Waals surface area contributed by atoms with Crippen molar-refractivity contribution in [1.82, 2.24) is 0 Å². The fraction of sp³-hybridized carbons (Fsp3) is 0.417. The van der Waals surface area contributed by atoms with Crippen molar-refractivity contribution < 1.29 is 9.53 Å². The van der Waals surface area contributed by atoms with E-state index < -0.39 is 0 Å². The van der Waals surface area contributed by atoms with Gasteiger partial charge in [-0.05, 0) is 42.5 Å². The maximum atomic E-state index is 11.5. The lowest BCUT2D eigenvalue weighted by molar-refractivity contribution is -0.145. The number of hydrogen-bond acceptors (Lipinski definition) is 2. The number of carbonyl (C=O) groups is 1. The van der Waals surface area contributed by atoms with Crippen LogP contribution in [0.2, 0.25) is 10.0 Å². The van der Waals surface area contributed by atoms with Gasteiger partial charge in [0.15, 0.2) is 0 Å². The molecule has 1 unspecified atom stereocenters. The lowest BCUT2D eigenvalue weighted by Gasteiger charge is -2.24. The van der Waals surface area contributed by atoms with Crippen LogP contribution >= 0.6 is 23.2 Å². The number of ether oxygens (including phenoxy) is 1. The third-order valence-corrected chi connectivity index (χ3v) is 3.75. The summed E-state index contributed by atoms with van der Waals surface area (Å²) in [6.07, 6.45) is 2.19. The number of fused-ring (bicyclic) bond motifs is 1. The molecule has 1 aliphatic carbocycles. The summed E-state index contributed by atoms with van der Waals surface area (Å²) in [6.45, 7) is 0. The highest BCUT2D eigenvalue weighted by molar-refractivity contribution is 6.34. The third kappa shape index (κ3) is 2.04. The normalized spacial score (nSPS) is 19.1. The number of benzene rings is 1. The summed E-state index contributed by atoms with van der Waals surface area (Å²) in [7, 11) is 1.41. The van der Waals surface area contributed by atoms with Crippen molar-refractivity contribution >= 4 is 29.2 Å². The summed E-state index contributed by atoms with van der Waals surface area (Å²) >= 11 is 12.2. The average molecular weight is 259 g/mol. The smallest absolute Gasteiger partial charge is 0.309 e. The van der Waals surface area contributed by atoms with Gasteiger partial charge in [-0.25, -0.2) is 0 Å². The monoisotopic (exact) mass is 258 g/mol. The zero-order valence-electron chi connectivity index (χ0n) is 8.93. The number of hydrogen-bond donors (Lipinski definition) is 0. The van der Waals surface area contributed by atoms with Crippen molar-refractivity contribution in [2.75, 3.05) is 7.11 Å². The van der Waals surface area contributed by atoms with Crippen molar-refractivity contribution in [2.24, 2.45) is 5.92 Å². The van der Waals surface area contributed by atoms with Crippen LogP contribution in [-0.4, -0.2) is 13.1 Å². The Kier molecular flexibility index (Phi) is 3.41. The van der Waals surface area contributed by atoms with E-state index >= 15 is 0 Å². The Labute approximate surface area is 104 Å². The Morgan fingerprint density at radius 2 is 1.94 bits per heavy atom. The third-order valence-electron chi connectivity index (χ3n) is 3.04. The molecule has 2 rings (SSSR count). The topological polar surface area (TPSA) is 26.3 Å². The van der Waals surface area contributed by atoms with Crippen LogP contribution in [0.25, 0.3) is 0 Å². The molecule has 0 spiro atoms. The van der Waals surface area contributed by atoms with Crippen LogP contribution in [0.4, 0.5) is 0 Å². The minimum atomic E-state index is -0.165. The molecule has 0 fully saturated rings. The van der Waals surface area contributed by atoms with Crippen molar-refractivity contribution in [3.05, 3.63) is 33.3 Å². The Balaban J connectivity index is 2.33. The Morgan fingerprint density at radius 3 is 2.56 bits per heavy atom. The van der Waals surface area contributed by atoms with Crippen molar-refractivity contribution in [2.45, 2.75) is 19.3 Å². The predicted molar refractivity (Wildman–Crippen MR) is 64.0 cm³/mol. The van der Waals surface area contributed by atoms with E-state index in [1.807, 2.05) is 0 Å². The van der Waals surface area contributed by atoms with Crippen LogP contribution in [-0.2, 0) is 22.4 Å². The van der Waals surface area contributed by atoms with Gasteiger partial charge in [0, 0.05) is 10.0 Å². The van der Waals surface area contributed by atoms with E-state index in [4.69, 9.17) is 27.9 Å². The Bertz CT molecular complexity index is 429. The van der Waals surface area contributed by atoms with E-state index in [9.17, 15) is 4.79 Å². The van der Waals surface area contributed by atoms with E-state index in [-0.39, 0.29) is 11.9 Å². The van der Waals surface area contributed by atoms with E-state index in [0.29, 0.717) is 11.4 Å². The van der Waals surface area contributed by atoms with Crippen molar-refractivity contribution in [3.63, 3.8) is 0 Å². The fourth-order valence-corrected chi connectivity index (χ4v) is 2.69. The van der Waals surface area contributed by atoms with Gasteiger partial charge >= 0.3 is 5.97 Å². The van der Waals surface area contributed by atoms with E-state index in [1.54, 1.807) is 12.1 Å². The highest BCUT2D eigenvalue weighted by Crippen LogP contribution is 2.35. The van der Waals surface area contributed by atoms with Gasteiger partial charge in [-0.15, -0.1) is 0 Å². The largest absolute Gasteiger partial charge is 0.469 e. The second-order valence-corrected chi connectivity index (χ2v) is 4.76. The van der Waals surface area contributed by atoms with Gasteiger partial charge in [-0.1, -0.05) is 23.2 Å². The molecule has 0 bridgehead atoms. The molecule has 0 saturated carbocycles. The molecule has 2 nitrogen and oxygen atoms in total. The lowest BCUT2D eigenvalue weighted by atomic mass is 9.84. The minimum Gasteiger partial charge on any atom is -0.469 e. The molecular formula is C12H12Cl2O2. The lowest BCUT2D eigenvalue weighted by Crippen LogP contribution is -2.24. The molecule has 1 aromatic carbocycles. The average Bonchev–Trinajstić information content (AvgIpc) is 2.32. The maximum Gasteiger partial charge on any atom is 0.309 e. The first-order valence-corrected chi connectivity index (χ1v) is 5.92. The number of rotatable bonds is 1. The van der Waals surface area contributed by atoms with Gasteiger partial charge in [-0.3, -0.25) is 4.79 Å². The summed E-state index contributed by atoms with van der Waals surface area (Å²) in [5, 5.41) is 1.43. The van der Waals surface area contributed by atoms with Gasteiger partial charge in [0.25, 0.3) is 0 Å². The van der Waals surface area contributed by atoms with Crippen LogP contribution in [0.3, 0.4) is 0 Å². The number of methoxy groups -OCH3 is 1. The zero-order valence-corrected chi connectivity index (χ0v) is 10.4. The quantitative estimate of drug-likeness (QED) is 0.723. The first-order valence-electron chi connectivity index (χ1n) is 5.17. The molecule has 0 aliphatic heterocycles. The molecule has 86 valence electrons.